The van der Waals surface area contributed by atoms with Crippen molar-refractivity contribution in [3.8, 4) is 0 Å². The highest BCUT2D eigenvalue weighted by Gasteiger charge is 2.27. The second kappa shape index (κ2) is 8.13. The fraction of sp³-hybridized carbons (Fsp3) is 1.00. The van der Waals surface area contributed by atoms with Gasteiger partial charge in [-0.3, -0.25) is 4.90 Å². The highest BCUT2D eigenvalue weighted by Crippen LogP contribution is 2.21. The van der Waals surface area contributed by atoms with Crippen LogP contribution in [0.2, 0.25) is 0 Å². The Balaban J connectivity index is 2.50. The molecule has 18 heavy (non-hydrogen) atoms. The molecule has 1 aliphatic heterocycles. The van der Waals surface area contributed by atoms with Crippen molar-refractivity contribution < 1.29 is 4.74 Å². The molecular formula is C15H32N2O. The Labute approximate surface area is 113 Å². The third-order valence-electron chi connectivity index (χ3n) is 3.93. The lowest BCUT2D eigenvalue weighted by atomic mass is 9.94. The highest BCUT2D eigenvalue weighted by atomic mass is 16.5. The quantitative estimate of drug-likeness (QED) is 0.757. The smallest absolute Gasteiger partial charge is 0.0502 e. The van der Waals surface area contributed by atoms with Crippen molar-refractivity contribution in [2.24, 2.45) is 11.8 Å². The van der Waals surface area contributed by atoms with Crippen molar-refractivity contribution in [1.82, 2.24) is 10.2 Å². The van der Waals surface area contributed by atoms with Crippen LogP contribution < -0.4 is 5.32 Å². The van der Waals surface area contributed by atoms with Crippen molar-refractivity contribution in [2.75, 3.05) is 33.4 Å². The zero-order valence-corrected chi connectivity index (χ0v) is 12.9. The first-order valence-corrected chi connectivity index (χ1v) is 7.51. The molecule has 1 aliphatic rings. The molecular weight excluding hydrogens is 224 g/mol. The largest absolute Gasteiger partial charge is 0.384 e. The standard InChI is InChI=1S/C15H32N2O/c1-12(2)15(9-16-13(3)4)17-8-6-7-14(10-17)11-18-5/h12-16H,6-11H2,1-5H3. The zero-order chi connectivity index (χ0) is 13.5. The summed E-state index contributed by atoms with van der Waals surface area (Å²) in [4.78, 5) is 2.67. The van der Waals surface area contributed by atoms with Crippen LogP contribution in [0.25, 0.3) is 0 Å². The van der Waals surface area contributed by atoms with E-state index in [0.717, 1.165) is 19.1 Å². The molecule has 0 radical (unpaired) electrons. The molecule has 0 aromatic carbocycles. The Morgan fingerprint density at radius 1 is 1.28 bits per heavy atom. The van der Waals surface area contributed by atoms with Crippen LogP contribution in [0.5, 0.6) is 0 Å². The van der Waals surface area contributed by atoms with E-state index in [0.29, 0.717) is 18.0 Å². The van der Waals surface area contributed by atoms with Crippen molar-refractivity contribution in [1.29, 1.82) is 0 Å². The van der Waals surface area contributed by atoms with Crippen LogP contribution in [0.1, 0.15) is 40.5 Å². The van der Waals surface area contributed by atoms with E-state index in [4.69, 9.17) is 4.74 Å². The summed E-state index contributed by atoms with van der Waals surface area (Å²) in [6.07, 6.45) is 2.64. The number of rotatable bonds is 7. The first kappa shape index (κ1) is 15.9. The van der Waals surface area contributed by atoms with Crippen molar-refractivity contribution >= 4 is 0 Å². The first-order chi connectivity index (χ1) is 8.54. The van der Waals surface area contributed by atoms with Crippen LogP contribution in [-0.4, -0.2) is 50.3 Å². The monoisotopic (exact) mass is 256 g/mol. The van der Waals surface area contributed by atoms with Gasteiger partial charge in [0.2, 0.25) is 0 Å². The van der Waals surface area contributed by atoms with Gasteiger partial charge in [0.15, 0.2) is 0 Å². The number of piperidine rings is 1. The lowest BCUT2D eigenvalue weighted by molar-refractivity contribution is 0.0538. The molecule has 3 nitrogen and oxygen atoms in total. The van der Waals surface area contributed by atoms with Gasteiger partial charge in [-0.2, -0.15) is 0 Å². The number of likely N-dealkylation sites (tertiary alicyclic amines) is 1. The van der Waals surface area contributed by atoms with Gasteiger partial charge < -0.3 is 10.1 Å². The second-order valence-corrected chi connectivity index (χ2v) is 6.33. The van der Waals surface area contributed by atoms with Crippen LogP contribution in [-0.2, 0) is 4.74 Å². The molecule has 1 saturated heterocycles. The maximum Gasteiger partial charge on any atom is 0.0502 e. The van der Waals surface area contributed by atoms with Crippen molar-refractivity contribution in [3.05, 3.63) is 0 Å². The Kier molecular flexibility index (Phi) is 7.20. The Morgan fingerprint density at radius 2 is 2.00 bits per heavy atom. The molecule has 2 atom stereocenters. The summed E-state index contributed by atoms with van der Waals surface area (Å²) < 4.78 is 5.33. The minimum absolute atomic E-state index is 0.575. The van der Waals surface area contributed by atoms with E-state index in [-0.39, 0.29) is 0 Å². The number of ether oxygens (including phenoxy) is 1. The second-order valence-electron chi connectivity index (χ2n) is 6.33. The molecule has 0 spiro atoms. The molecule has 1 fully saturated rings. The van der Waals surface area contributed by atoms with Crippen LogP contribution in [0, 0.1) is 11.8 Å². The van der Waals surface area contributed by atoms with Crippen LogP contribution in [0.4, 0.5) is 0 Å². The molecule has 0 aliphatic carbocycles. The summed E-state index contributed by atoms with van der Waals surface area (Å²) in [5.41, 5.74) is 0. The molecule has 1 heterocycles. The molecule has 0 aromatic rings. The van der Waals surface area contributed by atoms with E-state index in [9.17, 15) is 0 Å². The van der Waals surface area contributed by atoms with E-state index >= 15 is 0 Å². The van der Waals surface area contributed by atoms with Gasteiger partial charge in [0.25, 0.3) is 0 Å². The molecule has 2 unspecified atom stereocenters. The van der Waals surface area contributed by atoms with Gasteiger partial charge in [-0.1, -0.05) is 27.7 Å². The summed E-state index contributed by atoms with van der Waals surface area (Å²) in [5.74, 6) is 1.43. The number of hydrogen-bond acceptors (Lipinski definition) is 3. The van der Waals surface area contributed by atoms with E-state index in [1.165, 1.54) is 25.9 Å². The summed E-state index contributed by atoms with van der Waals surface area (Å²) in [5, 5.41) is 3.60. The molecule has 0 bridgehead atoms. The normalized spacial score (nSPS) is 23.8. The lowest BCUT2D eigenvalue weighted by Crippen LogP contribution is -2.51. The molecule has 108 valence electrons. The molecule has 0 saturated carbocycles. The SMILES string of the molecule is COCC1CCCN(C(CNC(C)C)C(C)C)C1. The van der Waals surface area contributed by atoms with Crippen LogP contribution in [0.15, 0.2) is 0 Å². The number of nitrogens with zero attached hydrogens (tertiary/aromatic N) is 1. The molecule has 3 heteroatoms. The average Bonchev–Trinajstić information content (AvgIpc) is 2.29. The maximum atomic E-state index is 5.33. The zero-order valence-electron chi connectivity index (χ0n) is 12.9. The Hall–Kier alpha value is -0.120. The van der Waals surface area contributed by atoms with Gasteiger partial charge >= 0.3 is 0 Å². The van der Waals surface area contributed by atoms with Crippen molar-refractivity contribution in [2.45, 2.75) is 52.6 Å². The van der Waals surface area contributed by atoms with E-state index in [2.05, 4.69) is 37.9 Å². The van der Waals surface area contributed by atoms with Gasteiger partial charge in [-0.15, -0.1) is 0 Å². The molecule has 1 rings (SSSR count). The minimum Gasteiger partial charge on any atom is -0.384 e. The highest BCUT2D eigenvalue weighted by molar-refractivity contribution is 4.83. The number of methoxy groups -OCH3 is 1. The number of hydrogen-bond donors (Lipinski definition) is 1. The Bertz CT molecular complexity index is 217. The van der Waals surface area contributed by atoms with E-state index < -0.39 is 0 Å². The van der Waals surface area contributed by atoms with Gasteiger partial charge in [0, 0.05) is 32.3 Å². The van der Waals surface area contributed by atoms with Crippen LogP contribution >= 0.6 is 0 Å². The summed E-state index contributed by atoms with van der Waals surface area (Å²) in [6, 6.07) is 1.23. The molecule has 0 aromatic heterocycles. The van der Waals surface area contributed by atoms with Gasteiger partial charge in [0.1, 0.15) is 0 Å². The fourth-order valence-corrected chi connectivity index (χ4v) is 2.91. The van der Waals surface area contributed by atoms with Crippen LogP contribution in [0.3, 0.4) is 0 Å². The summed E-state index contributed by atoms with van der Waals surface area (Å²) in [6.45, 7) is 13.6. The van der Waals surface area contributed by atoms with E-state index in [1.807, 2.05) is 7.11 Å². The lowest BCUT2D eigenvalue weighted by Gasteiger charge is -2.40. The predicted molar refractivity (Wildman–Crippen MR) is 77.9 cm³/mol. The predicted octanol–water partition coefficient (Wildman–Crippen LogP) is 2.37. The third kappa shape index (κ3) is 5.25. The number of nitrogens with one attached hydrogen (secondary N) is 1. The summed E-state index contributed by atoms with van der Waals surface area (Å²) in [7, 11) is 1.82. The molecule has 0 amide bonds. The third-order valence-corrected chi connectivity index (χ3v) is 3.93. The average molecular weight is 256 g/mol. The van der Waals surface area contributed by atoms with E-state index in [1.54, 1.807) is 0 Å². The van der Waals surface area contributed by atoms with Gasteiger partial charge in [0.05, 0.1) is 6.61 Å². The van der Waals surface area contributed by atoms with Gasteiger partial charge in [-0.05, 0) is 31.2 Å². The minimum atomic E-state index is 0.575. The Morgan fingerprint density at radius 3 is 2.56 bits per heavy atom. The topological polar surface area (TPSA) is 24.5 Å². The fourth-order valence-electron chi connectivity index (χ4n) is 2.91. The first-order valence-electron chi connectivity index (χ1n) is 7.51. The maximum absolute atomic E-state index is 5.33. The summed E-state index contributed by atoms with van der Waals surface area (Å²) >= 11 is 0. The van der Waals surface area contributed by atoms with Crippen molar-refractivity contribution in [3.63, 3.8) is 0 Å². The molecule has 1 N–H and O–H groups in total. The van der Waals surface area contributed by atoms with Gasteiger partial charge in [-0.25, -0.2) is 0 Å².